The van der Waals surface area contributed by atoms with Gasteiger partial charge in [-0.2, -0.15) is 13.2 Å². The summed E-state index contributed by atoms with van der Waals surface area (Å²) < 4.78 is 37.1. The van der Waals surface area contributed by atoms with Crippen LogP contribution in [0.2, 0.25) is 0 Å². The molecule has 2 rings (SSSR count). The van der Waals surface area contributed by atoms with Gasteiger partial charge >= 0.3 is 6.18 Å². The number of pyridine rings is 1. The molecule has 1 aliphatic carbocycles. The molecule has 0 unspecified atom stereocenters. The first kappa shape index (κ1) is 14.8. The number of aromatic nitrogens is 1. The van der Waals surface area contributed by atoms with Crippen LogP contribution >= 0.6 is 0 Å². The Balaban J connectivity index is 1.98. The van der Waals surface area contributed by atoms with Crippen LogP contribution in [-0.4, -0.2) is 16.9 Å². The van der Waals surface area contributed by atoms with Crippen LogP contribution in [0.25, 0.3) is 0 Å². The summed E-state index contributed by atoms with van der Waals surface area (Å²) in [6.45, 7) is 0. The molecule has 1 fully saturated rings. The van der Waals surface area contributed by atoms with Crippen LogP contribution in [0.15, 0.2) is 18.3 Å². The summed E-state index contributed by atoms with van der Waals surface area (Å²) in [5.74, 6) is -0.349. The fraction of sp³-hybridized carbons (Fsp3) is 0.571. The highest BCUT2D eigenvalue weighted by molar-refractivity contribution is 5.94. The third kappa shape index (κ3) is 3.95. The molecule has 0 spiro atoms. The summed E-state index contributed by atoms with van der Waals surface area (Å²) in [7, 11) is 0. The monoisotopic (exact) mass is 286 g/mol. The molecule has 1 aliphatic rings. The number of alkyl halides is 3. The minimum Gasteiger partial charge on any atom is -0.349 e. The number of hydrogen-bond donors (Lipinski definition) is 1. The van der Waals surface area contributed by atoms with E-state index < -0.39 is 11.9 Å². The largest absolute Gasteiger partial charge is 0.433 e. The SMILES string of the molecule is O=C(NC1CCCCCC1)c1ccc(C(F)(F)F)nc1. The van der Waals surface area contributed by atoms with Gasteiger partial charge in [0, 0.05) is 12.2 Å². The van der Waals surface area contributed by atoms with E-state index >= 15 is 0 Å². The van der Waals surface area contributed by atoms with E-state index in [1.165, 1.54) is 18.9 Å². The molecule has 20 heavy (non-hydrogen) atoms. The van der Waals surface area contributed by atoms with Gasteiger partial charge in [-0.1, -0.05) is 25.7 Å². The van der Waals surface area contributed by atoms with E-state index in [1.54, 1.807) is 0 Å². The van der Waals surface area contributed by atoms with Gasteiger partial charge in [0.15, 0.2) is 0 Å². The highest BCUT2D eigenvalue weighted by atomic mass is 19.4. The van der Waals surface area contributed by atoms with Crippen molar-refractivity contribution in [1.29, 1.82) is 0 Å². The standard InChI is InChI=1S/C14H17F3N2O/c15-14(16,17)12-8-7-10(9-18-12)13(20)19-11-5-3-1-2-4-6-11/h7-9,11H,1-6H2,(H,19,20). The summed E-state index contributed by atoms with van der Waals surface area (Å²) in [4.78, 5) is 15.3. The molecule has 110 valence electrons. The van der Waals surface area contributed by atoms with Crippen molar-refractivity contribution in [3.63, 3.8) is 0 Å². The third-order valence-electron chi connectivity index (χ3n) is 3.51. The van der Waals surface area contributed by atoms with Gasteiger partial charge in [-0.25, -0.2) is 0 Å². The smallest absolute Gasteiger partial charge is 0.349 e. The lowest BCUT2D eigenvalue weighted by Gasteiger charge is -2.16. The van der Waals surface area contributed by atoms with Crippen LogP contribution in [0, 0.1) is 0 Å². The molecule has 0 aromatic carbocycles. The summed E-state index contributed by atoms with van der Waals surface area (Å²) in [5.41, 5.74) is -0.814. The Labute approximate surface area is 115 Å². The number of carbonyl (C=O) groups excluding carboxylic acids is 1. The molecular weight excluding hydrogens is 269 g/mol. The zero-order valence-electron chi connectivity index (χ0n) is 11.0. The van der Waals surface area contributed by atoms with E-state index in [0.29, 0.717) is 0 Å². The number of hydrogen-bond acceptors (Lipinski definition) is 2. The molecule has 0 aliphatic heterocycles. The predicted octanol–water partition coefficient (Wildman–Crippen LogP) is 3.55. The van der Waals surface area contributed by atoms with Crippen LogP contribution in [0.5, 0.6) is 0 Å². The van der Waals surface area contributed by atoms with Crippen molar-refractivity contribution < 1.29 is 18.0 Å². The number of halogens is 3. The zero-order valence-corrected chi connectivity index (χ0v) is 11.0. The molecule has 1 aromatic rings. The lowest BCUT2D eigenvalue weighted by atomic mass is 10.1. The quantitative estimate of drug-likeness (QED) is 0.845. The van der Waals surface area contributed by atoms with Gasteiger partial charge in [0.2, 0.25) is 0 Å². The lowest BCUT2D eigenvalue weighted by Crippen LogP contribution is -2.34. The lowest BCUT2D eigenvalue weighted by molar-refractivity contribution is -0.141. The maximum atomic E-state index is 12.4. The maximum absolute atomic E-state index is 12.4. The molecule has 6 heteroatoms. The summed E-state index contributed by atoms with van der Waals surface area (Å²) in [6.07, 6.45) is 2.87. The van der Waals surface area contributed by atoms with E-state index in [2.05, 4.69) is 10.3 Å². The molecule has 0 atom stereocenters. The average Bonchev–Trinajstić information content (AvgIpc) is 2.66. The highest BCUT2D eigenvalue weighted by Gasteiger charge is 2.32. The van der Waals surface area contributed by atoms with Crippen molar-refractivity contribution in [2.75, 3.05) is 0 Å². The summed E-state index contributed by atoms with van der Waals surface area (Å²) in [5, 5.41) is 2.87. The molecule has 3 nitrogen and oxygen atoms in total. The third-order valence-corrected chi connectivity index (χ3v) is 3.51. The molecule has 1 aromatic heterocycles. The summed E-state index contributed by atoms with van der Waals surface area (Å²) in [6, 6.07) is 2.12. The molecule has 1 N–H and O–H groups in total. The van der Waals surface area contributed by atoms with Crippen LogP contribution < -0.4 is 5.32 Å². The van der Waals surface area contributed by atoms with E-state index in [1.807, 2.05) is 0 Å². The second-order valence-electron chi connectivity index (χ2n) is 5.09. The number of carbonyl (C=O) groups is 1. The Morgan fingerprint density at radius 2 is 1.80 bits per heavy atom. The Morgan fingerprint density at radius 1 is 1.15 bits per heavy atom. The van der Waals surface area contributed by atoms with E-state index in [0.717, 1.165) is 37.9 Å². The second kappa shape index (κ2) is 6.24. The van der Waals surface area contributed by atoms with Gasteiger partial charge in [-0.15, -0.1) is 0 Å². The average molecular weight is 286 g/mol. The van der Waals surface area contributed by atoms with Crippen molar-refractivity contribution in [1.82, 2.24) is 10.3 Å². The van der Waals surface area contributed by atoms with Crippen LogP contribution in [0.4, 0.5) is 13.2 Å². The molecule has 0 radical (unpaired) electrons. The van der Waals surface area contributed by atoms with Gasteiger partial charge in [0.1, 0.15) is 5.69 Å². The molecule has 1 saturated carbocycles. The Bertz CT molecular complexity index is 448. The normalized spacial score (nSPS) is 17.6. The van der Waals surface area contributed by atoms with E-state index in [-0.39, 0.29) is 17.5 Å². The maximum Gasteiger partial charge on any atom is 0.433 e. The highest BCUT2D eigenvalue weighted by Crippen LogP contribution is 2.27. The fourth-order valence-corrected chi connectivity index (χ4v) is 2.39. The molecule has 0 bridgehead atoms. The first-order chi connectivity index (χ1) is 9.47. The van der Waals surface area contributed by atoms with Crippen molar-refractivity contribution >= 4 is 5.91 Å². The number of amides is 1. The Hall–Kier alpha value is -1.59. The van der Waals surface area contributed by atoms with Crippen LogP contribution in [-0.2, 0) is 6.18 Å². The van der Waals surface area contributed by atoms with Crippen molar-refractivity contribution in [3.05, 3.63) is 29.6 Å². The van der Waals surface area contributed by atoms with Gasteiger partial charge in [0.05, 0.1) is 5.56 Å². The van der Waals surface area contributed by atoms with Crippen molar-refractivity contribution in [3.8, 4) is 0 Å². The first-order valence-electron chi connectivity index (χ1n) is 6.81. The molecule has 1 amide bonds. The number of nitrogens with one attached hydrogen (secondary N) is 1. The molecular formula is C14H17F3N2O. The topological polar surface area (TPSA) is 42.0 Å². The molecule has 0 saturated heterocycles. The van der Waals surface area contributed by atoms with Crippen molar-refractivity contribution in [2.24, 2.45) is 0 Å². The second-order valence-corrected chi connectivity index (χ2v) is 5.09. The minimum atomic E-state index is -4.48. The van der Waals surface area contributed by atoms with E-state index in [9.17, 15) is 18.0 Å². The number of rotatable bonds is 2. The fourth-order valence-electron chi connectivity index (χ4n) is 2.39. The van der Waals surface area contributed by atoms with Gasteiger partial charge < -0.3 is 5.32 Å². The van der Waals surface area contributed by atoms with Gasteiger partial charge in [-0.05, 0) is 25.0 Å². The first-order valence-corrected chi connectivity index (χ1v) is 6.81. The van der Waals surface area contributed by atoms with Crippen molar-refractivity contribution in [2.45, 2.75) is 50.7 Å². The number of nitrogens with zero attached hydrogens (tertiary/aromatic N) is 1. The molecule has 1 heterocycles. The Kier molecular flexibility index (Phi) is 4.62. The Morgan fingerprint density at radius 3 is 2.30 bits per heavy atom. The van der Waals surface area contributed by atoms with Gasteiger partial charge in [0.25, 0.3) is 5.91 Å². The van der Waals surface area contributed by atoms with Gasteiger partial charge in [-0.3, -0.25) is 9.78 Å². The van der Waals surface area contributed by atoms with Crippen LogP contribution in [0.3, 0.4) is 0 Å². The van der Waals surface area contributed by atoms with Crippen LogP contribution in [0.1, 0.15) is 54.6 Å². The predicted molar refractivity (Wildman–Crippen MR) is 68.2 cm³/mol. The zero-order chi connectivity index (χ0) is 14.6. The minimum absolute atomic E-state index is 0.118. The van der Waals surface area contributed by atoms with E-state index in [4.69, 9.17) is 0 Å². The summed E-state index contributed by atoms with van der Waals surface area (Å²) >= 11 is 0.